The first kappa shape index (κ1) is 14.9. The predicted octanol–water partition coefficient (Wildman–Crippen LogP) is 2.86. The maximum atomic E-state index is 12.0. The van der Waals surface area contributed by atoms with Crippen LogP contribution in [0.3, 0.4) is 0 Å². The summed E-state index contributed by atoms with van der Waals surface area (Å²) in [5, 5.41) is 10.4. The van der Waals surface area contributed by atoms with E-state index in [9.17, 15) is 4.79 Å². The molecule has 2 aromatic rings. The van der Waals surface area contributed by atoms with E-state index < -0.39 is 0 Å². The molecule has 5 nitrogen and oxygen atoms in total. The molecule has 1 N–H and O–H groups in total. The van der Waals surface area contributed by atoms with Crippen LogP contribution in [0.4, 0.5) is 5.69 Å². The van der Waals surface area contributed by atoms with Crippen LogP contribution in [0.15, 0.2) is 39.7 Å². The Balaban J connectivity index is 2.09. The van der Waals surface area contributed by atoms with Crippen molar-refractivity contribution in [1.82, 2.24) is 14.8 Å². The molecule has 1 atom stereocenters. The average molecular weight is 355 g/mol. The zero-order valence-electron chi connectivity index (χ0n) is 11.0. The Labute approximate surface area is 129 Å². The van der Waals surface area contributed by atoms with E-state index in [1.54, 1.807) is 29.8 Å². The zero-order chi connectivity index (χ0) is 14.5. The molecule has 20 heavy (non-hydrogen) atoms. The van der Waals surface area contributed by atoms with Crippen molar-refractivity contribution >= 4 is 33.0 Å². The second-order valence-electron chi connectivity index (χ2n) is 4.30. The van der Waals surface area contributed by atoms with E-state index in [1.807, 2.05) is 5.38 Å². The third-order valence-electron chi connectivity index (χ3n) is 2.76. The Bertz CT molecular complexity index is 638. The number of nitrogens with zero attached hydrogens (tertiary/aromatic N) is 3. The van der Waals surface area contributed by atoms with Gasteiger partial charge in [-0.1, -0.05) is 13.0 Å². The fourth-order valence-corrected chi connectivity index (χ4v) is 2.81. The summed E-state index contributed by atoms with van der Waals surface area (Å²) < 4.78 is 1.84. The van der Waals surface area contributed by atoms with Gasteiger partial charge in [0.05, 0.1) is 23.4 Å². The molecule has 0 bridgehead atoms. The van der Waals surface area contributed by atoms with Crippen LogP contribution in [0.25, 0.3) is 0 Å². The maximum Gasteiger partial charge on any atom is 0.283 e. The SMILES string of the molecule is C=CCn1ncc(NCC(C)c2nccs2)c(Br)c1=O. The van der Waals surface area contributed by atoms with Gasteiger partial charge in [0.2, 0.25) is 0 Å². The lowest BCUT2D eigenvalue weighted by Gasteiger charge is -2.12. The highest BCUT2D eigenvalue weighted by molar-refractivity contribution is 9.10. The first-order chi connectivity index (χ1) is 9.63. The quantitative estimate of drug-likeness (QED) is 0.810. The molecule has 0 aliphatic heterocycles. The van der Waals surface area contributed by atoms with Crippen molar-refractivity contribution in [3.05, 3.63) is 50.3 Å². The molecule has 7 heteroatoms. The molecular formula is C13H15BrN4OS. The minimum atomic E-state index is -0.170. The van der Waals surface area contributed by atoms with Gasteiger partial charge >= 0.3 is 0 Å². The number of hydrogen-bond acceptors (Lipinski definition) is 5. The molecule has 0 aliphatic rings. The molecule has 0 fully saturated rings. The van der Waals surface area contributed by atoms with Gasteiger partial charge in [-0.2, -0.15) is 5.10 Å². The monoisotopic (exact) mass is 354 g/mol. The highest BCUT2D eigenvalue weighted by Gasteiger charge is 2.11. The lowest BCUT2D eigenvalue weighted by Crippen LogP contribution is -2.24. The molecular weight excluding hydrogens is 340 g/mol. The summed E-state index contributed by atoms with van der Waals surface area (Å²) in [7, 11) is 0. The zero-order valence-corrected chi connectivity index (χ0v) is 13.4. The largest absolute Gasteiger partial charge is 0.382 e. The molecule has 0 aliphatic carbocycles. The van der Waals surface area contributed by atoms with Crippen molar-refractivity contribution in [2.45, 2.75) is 19.4 Å². The van der Waals surface area contributed by atoms with Crippen LogP contribution in [0.2, 0.25) is 0 Å². The lowest BCUT2D eigenvalue weighted by atomic mass is 10.2. The molecule has 2 rings (SSSR count). The summed E-state index contributed by atoms with van der Waals surface area (Å²) in [4.78, 5) is 16.3. The van der Waals surface area contributed by atoms with Gasteiger partial charge in [0.15, 0.2) is 0 Å². The van der Waals surface area contributed by atoms with Gasteiger partial charge in [-0.25, -0.2) is 9.67 Å². The van der Waals surface area contributed by atoms with Crippen molar-refractivity contribution < 1.29 is 0 Å². The fraction of sp³-hybridized carbons (Fsp3) is 0.308. The van der Waals surface area contributed by atoms with E-state index in [-0.39, 0.29) is 11.5 Å². The average Bonchev–Trinajstić information content (AvgIpc) is 2.97. The molecule has 0 spiro atoms. The number of thiazole rings is 1. The van der Waals surface area contributed by atoms with Gasteiger partial charge in [0, 0.05) is 24.0 Å². The van der Waals surface area contributed by atoms with Crippen LogP contribution >= 0.6 is 27.3 Å². The Hall–Kier alpha value is -1.47. The van der Waals surface area contributed by atoms with Crippen molar-refractivity contribution in [3.8, 4) is 0 Å². The molecule has 0 amide bonds. The highest BCUT2D eigenvalue weighted by atomic mass is 79.9. The summed E-state index contributed by atoms with van der Waals surface area (Å²) >= 11 is 4.94. The second kappa shape index (κ2) is 6.81. The Kier molecular flexibility index (Phi) is 5.08. The molecule has 1 unspecified atom stereocenters. The summed E-state index contributed by atoms with van der Waals surface area (Å²) in [6, 6.07) is 0. The first-order valence-electron chi connectivity index (χ1n) is 6.13. The Morgan fingerprint density at radius 3 is 3.10 bits per heavy atom. The van der Waals surface area contributed by atoms with Gasteiger partial charge in [-0.05, 0) is 15.9 Å². The van der Waals surface area contributed by atoms with Crippen LogP contribution in [0.5, 0.6) is 0 Å². The fourth-order valence-electron chi connectivity index (χ4n) is 1.67. The van der Waals surface area contributed by atoms with Crippen LogP contribution in [-0.2, 0) is 6.54 Å². The van der Waals surface area contributed by atoms with Gasteiger partial charge < -0.3 is 5.32 Å². The van der Waals surface area contributed by atoms with Gasteiger partial charge in [0.25, 0.3) is 5.56 Å². The summed E-state index contributed by atoms with van der Waals surface area (Å²) in [5.74, 6) is 0.275. The van der Waals surface area contributed by atoms with E-state index in [0.29, 0.717) is 23.2 Å². The standard InChI is InChI=1S/C13H15BrN4OS/c1-3-5-18-13(19)11(14)10(8-17-18)16-7-9(2)12-15-4-6-20-12/h3-4,6,8-9,16H,1,5,7H2,2H3. The number of nitrogens with one attached hydrogen (secondary N) is 1. The number of hydrogen-bond donors (Lipinski definition) is 1. The molecule has 2 aromatic heterocycles. The maximum absolute atomic E-state index is 12.0. The molecule has 106 valence electrons. The van der Waals surface area contributed by atoms with E-state index in [1.165, 1.54) is 4.68 Å². The normalized spacial score (nSPS) is 12.1. The molecule has 0 saturated heterocycles. The van der Waals surface area contributed by atoms with E-state index in [0.717, 1.165) is 5.01 Å². The van der Waals surface area contributed by atoms with Crippen LogP contribution < -0.4 is 10.9 Å². The Morgan fingerprint density at radius 2 is 2.45 bits per heavy atom. The van der Waals surface area contributed by atoms with Crippen LogP contribution in [0.1, 0.15) is 17.8 Å². The summed E-state index contributed by atoms with van der Waals surface area (Å²) in [6.45, 7) is 6.78. The number of allylic oxidation sites excluding steroid dienone is 1. The number of anilines is 1. The van der Waals surface area contributed by atoms with Crippen molar-refractivity contribution in [2.75, 3.05) is 11.9 Å². The predicted molar refractivity (Wildman–Crippen MR) is 85.4 cm³/mol. The minimum absolute atomic E-state index is 0.170. The molecule has 0 saturated carbocycles. The molecule has 0 aromatic carbocycles. The van der Waals surface area contributed by atoms with Crippen molar-refractivity contribution in [3.63, 3.8) is 0 Å². The smallest absolute Gasteiger partial charge is 0.283 e. The number of halogens is 1. The van der Waals surface area contributed by atoms with Gasteiger partial charge in [-0.15, -0.1) is 17.9 Å². The first-order valence-corrected chi connectivity index (χ1v) is 7.80. The lowest BCUT2D eigenvalue weighted by molar-refractivity contribution is 0.648. The van der Waals surface area contributed by atoms with E-state index in [2.05, 4.69) is 44.8 Å². The van der Waals surface area contributed by atoms with Crippen molar-refractivity contribution in [2.24, 2.45) is 0 Å². The number of rotatable bonds is 6. The topological polar surface area (TPSA) is 59.8 Å². The molecule has 2 heterocycles. The third kappa shape index (κ3) is 3.34. The van der Waals surface area contributed by atoms with Gasteiger partial charge in [-0.3, -0.25) is 4.79 Å². The molecule has 0 radical (unpaired) electrons. The minimum Gasteiger partial charge on any atom is -0.382 e. The van der Waals surface area contributed by atoms with Crippen molar-refractivity contribution in [1.29, 1.82) is 0 Å². The number of aromatic nitrogens is 3. The second-order valence-corrected chi connectivity index (χ2v) is 6.02. The van der Waals surface area contributed by atoms with E-state index in [4.69, 9.17) is 0 Å². The summed E-state index contributed by atoms with van der Waals surface area (Å²) in [5.41, 5.74) is 0.524. The van der Waals surface area contributed by atoms with Crippen LogP contribution in [0, 0.1) is 0 Å². The van der Waals surface area contributed by atoms with Gasteiger partial charge in [0.1, 0.15) is 4.47 Å². The van der Waals surface area contributed by atoms with E-state index >= 15 is 0 Å². The summed E-state index contributed by atoms with van der Waals surface area (Å²) in [6.07, 6.45) is 5.08. The third-order valence-corrected chi connectivity index (χ3v) is 4.53. The van der Waals surface area contributed by atoms with Crippen LogP contribution in [-0.4, -0.2) is 21.3 Å². The Morgan fingerprint density at radius 1 is 1.65 bits per heavy atom. The highest BCUT2D eigenvalue weighted by Crippen LogP contribution is 2.21.